The molecule has 0 spiro atoms. The van der Waals surface area contributed by atoms with Crippen LogP contribution in [0.25, 0.3) is 0 Å². The minimum atomic E-state index is -0.778. The third-order valence-electron chi connectivity index (χ3n) is 4.34. The average Bonchev–Trinajstić information content (AvgIpc) is 2.92. The first-order valence-corrected chi connectivity index (χ1v) is 7.11. The summed E-state index contributed by atoms with van der Waals surface area (Å²) in [7, 11) is 0. The van der Waals surface area contributed by atoms with Gasteiger partial charge >= 0.3 is 0 Å². The van der Waals surface area contributed by atoms with Crippen molar-refractivity contribution in [3.8, 4) is 0 Å². The first kappa shape index (κ1) is 12.6. The fourth-order valence-electron chi connectivity index (χ4n) is 3.27. The maximum absolute atomic E-state index is 11.0. The van der Waals surface area contributed by atoms with Crippen molar-refractivity contribution in [3.63, 3.8) is 0 Å². The van der Waals surface area contributed by atoms with Crippen LogP contribution in [0.15, 0.2) is 73.0 Å². The first-order valence-electron chi connectivity index (χ1n) is 7.11. The first-order chi connectivity index (χ1) is 10.3. The van der Waals surface area contributed by atoms with Gasteiger partial charge in [-0.3, -0.25) is 0 Å². The van der Waals surface area contributed by atoms with Crippen LogP contribution in [0, 0.1) is 5.92 Å². The van der Waals surface area contributed by atoms with Crippen molar-refractivity contribution in [2.45, 2.75) is 18.0 Å². The van der Waals surface area contributed by atoms with Gasteiger partial charge in [0.1, 0.15) is 11.7 Å². The van der Waals surface area contributed by atoms with Crippen LogP contribution in [0.3, 0.4) is 0 Å². The molecule has 2 aliphatic heterocycles. The summed E-state index contributed by atoms with van der Waals surface area (Å²) in [5.41, 5.74) is 1.04. The number of aliphatic hydroxyl groups excluding tert-OH is 1. The van der Waals surface area contributed by atoms with Gasteiger partial charge in [0.05, 0.1) is 12.2 Å². The lowest BCUT2D eigenvalue weighted by molar-refractivity contribution is -0.351. The van der Waals surface area contributed by atoms with E-state index < -0.39 is 11.7 Å². The Labute approximate surface area is 123 Å². The van der Waals surface area contributed by atoms with Crippen molar-refractivity contribution in [1.29, 1.82) is 0 Å². The van der Waals surface area contributed by atoms with Crippen LogP contribution in [-0.4, -0.2) is 11.4 Å². The lowest BCUT2D eigenvalue weighted by atomic mass is 9.70. The van der Waals surface area contributed by atoms with Crippen molar-refractivity contribution >= 4 is 0 Å². The Morgan fingerprint density at radius 1 is 0.952 bits per heavy atom. The molecule has 3 heteroatoms. The summed E-state index contributed by atoms with van der Waals surface area (Å²) in [4.78, 5) is 0. The zero-order valence-electron chi connectivity index (χ0n) is 11.4. The van der Waals surface area contributed by atoms with E-state index in [0.29, 0.717) is 0 Å². The number of aliphatic hydroxyl groups is 1. The summed E-state index contributed by atoms with van der Waals surface area (Å²) in [6, 6.07) is 19.5. The molecule has 1 saturated heterocycles. The molecular weight excluding hydrogens is 264 g/mol. The van der Waals surface area contributed by atoms with E-state index in [2.05, 4.69) is 0 Å². The predicted molar refractivity (Wildman–Crippen MR) is 78.1 cm³/mol. The summed E-state index contributed by atoms with van der Waals surface area (Å²) in [5, 5.41) is 11.0. The second-order valence-corrected chi connectivity index (χ2v) is 5.45. The Balaban J connectivity index is 1.80. The van der Waals surface area contributed by atoms with Gasteiger partial charge in [-0.25, -0.2) is 0 Å². The van der Waals surface area contributed by atoms with Crippen LogP contribution in [0.4, 0.5) is 0 Å². The maximum atomic E-state index is 11.0. The van der Waals surface area contributed by atoms with E-state index in [9.17, 15) is 5.11 Å². The van der Waals surface area contributed by atoms with Crippen molar-refractivity contribution in [2.24, 2.45) is 5.92 Å². The van der Waals surface area contributed by atoms with Crippen LogP contribution in [0.1, 0.15) is 17.2 Å². The van der Waals surface area contributed by atoms with Gasteiger partial charge in [0, 0.05) is 0 Å². The standard InChI is InChI=1S/C18H16O3/c19-16(13-7-3-1-4-8-13)18(14-9-5-2-6-10-14)15-11-12-20-17(15)21-18/h1-12,15-17,19H/t15-,16?,17-,18?/m1/s1. The molecule has 2 aromatic rings. The largest absolute Gasteiger partial charge is 0.472 e. The molecule has 2 aliphatic rings. The number of benzene rings is 2. The highest BCUT2D eigenvalue weighted by Gasteiger charge is 2.62. The molecule has 1 fully saturated rings. The molecule has 3 nitrogen and oxygen atoms in total. The quantitative estimate of drug-likeness (QED) is 0.938. The van der Waals surface area contributed by atoms with Gasteiger partial charge in [-0.15, -0.1) is 0 Å². The van der Waals surface area contributed by atoms with Crippen LogP contribution >= 0.6 is 0 Å². The molecule has 0 amide bonds. The molecule has 2 heterocycles. The van der Waals surface area contributed by atoms with E-state index in [4.69, 9.17) is 9.47 Å². The van der Waals surface area contributed by atoms with Crippen molar-refractivity contribution in [2.75, 3.05) is 0 Å². The average molecular weight is 280 g/mol. The molecule has 106 valence electrons. The smallest absolute Gasteiger partial charge is 0.209 e. The van der Waals surface area contributed by atoms with Crippen LogP contribution in [-0.2, 0) is 15.1 Å². The Hall–Kier alpha value is -2.10. The van der Waals surface area contributed by atoms with Crippen molar-refractivity contribution in [1.82, 2.24) is 0 Å². The molecular formula is C18H16O3. The van der Waals surface area contributed by atoms with Gasteiger partial charge in [-0.1, -0.05) is 60.7 Å². The molecule has 2 unspecified atom stereocenters. The van der Waals surface area contributed by atoms with Crippen molar-refractivity contribution < 1.29 is 14.6 Å². The molecule has 0 radical (unpaired) electrons. The molecule has 0 saturated carbocycles. The van der Waals surface area contributed by atoms with E-state index in [1.807, 2.05) is 66.7 Å². The second kappa shape index (κ2) is 4.72. The van der Waals surface area contributed by atoms with Crippen LogP contribution in [0.5, 0.6) is 0 Å². The van der Waals surface area contributed by atoms with Gasteiger partial charge in [-0.05, 0) is 17.2 Å². The zero-order valence-corrected chi connectivity index (χ0v) is 11.4. The number of ether oxygens (including phenoxy) is 2. The van der Waals surface area contributed by atoms with Gasteiger partial charge in [0.25, 0.3) is 0 Å². The monoisotopic (exact) mass is 280 g/mol. The molecule has 0 aliphatic carbocycles. The number of rotatable bonds is 3. The van der Waals surface area contributed by atoms with Gasteiger partial charge in [-0.2, -0.15) is 0 Å². The summed E-state index contributed by atoms with van der Waals surface area (Å²) < 4.78 is 11.4. The van der Waals surface area contributed by atoms with E-state index in [1.165, 1.54) is 0 Å². The summed E-state index contributed by atoms with van der Waals surface area (Å²) in [5.74, 6) is 0.0232. The lowest BCUT2D eigenvalue weighted by Crippen LogP contribution is -2.59. The van der Waals surface area contributed by atoms with E-state index in [-0.39, 0.29) is 12.2 Å². The highest BCUT2D eigenvalue weighted by molar-refractivity contribution is 5.35. The van der Waals surface area contributed by atoms with E-state index in [0.717, 1.165) is 11.1 Å². The van der Waals surface area contributed by atoms with Crippen molar-refractivity contribution in [3.05, 3.63) is 84.1 Å². The molecule has 4 atom stereocenters. The fourth-order valence-corrected chi connectivity index (χ4v) is 3.27. The van der Waals surface area contributed by atoms with E-state index >= 15 is 0 Å². The third kappa shape index (κ3) is 1.75. The maximum Gasteiger partial charge on any atom is 0.209 e. The molecule has 21 heavy (non-hydrogen) atoms. The van der Waals surface area contributed by atoms with Gasteiger partial charge in [0.15, 0.2) is 0 Å². The van der Waals surface area contributed by atoms with Gasteiger partial charge < -0.3 is 14.6 Å². The Kier molecular flexibility index (Phi) is 2.84. The van der Waals surface area contributed by atoms with Crippen LogP contribution < -0.4 is 0 Å². The summed E-state index contributed by atoms with van der Waals surface area (Å²) >= 11 is 0. The molecule has 0 bridgehead atoms. The SMILES string of the molecule is OC(c1ccccc1)C1(c2ccccc2)O[C@H]2OC=C[C@H]21. The Bertz CT molecular complexity index is 653. The predicted octanol–water partition coefficient (Wildman–Crippen LogP) is 3.13. The highest BCUT2D eigenvalue weighted by Crippen LogP contribution is 2.57. The van der Waals surface area contributed by atoms with E-state index in [1.54, 1.807) is 6.26 Å². The summed E-state index contributed by atoms with van der Waals surface area (Å²) in [6.45, 7) is 0. The molecule has 1 N–H and O–H groups in total. The minimum absolute atomic E-state index is 0.0232. The highest BCUT2D eigenvalue weighted by atomic mass is 16.7. The number of hydrogen-bond acceptors (Lipinski definition) is 3. The third-order valence-corrected chi connectivity index (χ3v) is 4.34. The Morgan fingerprint density at radius 3 is 2.29 bits per heavy atom. The van der Waals surface area contributed by atoms with Crippen LogP contribution in [0.2, 0.25) is 0 Å². The zero-order chi connectivity index (χ0) is 14.3. The summed E-state index contributed by atoms with van der Waals surface area (Å²) in [6.07, 6.45) is 2.61. The Morgan fingerprint density at radius 2 is 1.62 bits per heavy atom. The van der Waals surface area contributed by atoms with Gasteiger partial charge in [0.2, 0.25) is 6.29 Å². The topological polar surface area (TPSA) is 38.7 Å². The molecule has 4 rings (SSSR count). The molecule has 2 aromatic carbocycles. The normalized spacial score (nSPS) is 31.1. The lowest BCUT2D eigenvalue weighted by Gasteiger charge is -2.53. The second-order valence-electron chi connectivity index (χ2n) is 5.45. The molecule has 0 aromatic heterocycles. The fraction of sp³-hybridized carbons (Fsp3) is 0.222. The number of fused-ring (bicyclic) bond motifs is 1. The minimum Gasteiger partial charge on any atom is -0.472 e. The number of hydrogen-bond donors (Lipinski definition) is 1.